The lowest BCUT2D eigenvalue weighted by atomic mass is 10.1. The molecule has 2 aromatic rings. The van der Waals surface area contributed by atoms with Crippen molar-refractivity contribution in [3.05, 3.63) is 28.2 Å². The van der Waals surface area contributed by atoms with Crippen LogP contribution in [0.15, 0.2) is 27.6 Å². The van der Waals surface area contributed by atoms with Crippen LogP contribution in [0.5, 0.6) is 0 Å². The number of hydrogen-bond donors (Lipinski definition) is 2. The van der Waals surface area contributed by atoms with Crippen molar-refractivity contribution in [2.45, 2.75) is 37.1 Å². The van der Waals surface area contributed by atoms with E-state index in [0.717, 1.165) is 33.8 Å². The molecule has 4 nitrogen and oxygen atoms in total. The molecule has 0 aliphatic heterocycles. The van der Waals surface area contributed by atoms with Gasteiger partial charge in [0.2, 0.25) is 0 Å². The molecule has 0 bridgehead atoms. The Morgan fingerprint density at radius 3 is 2.75 bits per heavy atom. The predicted octanol–water partition coefficient (Wildman–Crippen LogP) is 3.05. The summed E-state index contributed by atoms with van der Waals surface area (Å²) in [5.74, 6) is 0.509. The maximum Gasteiger partial charge on any atom is 0.127 e. The van der Waals surface area contributed by atoms with E-state index < -0.39 is 11.0 Å². The molecule has 1 aromatic carbocycles. The fraction of sp³-hybridized carbons (Fsp3) is 0.357. The van der Waals surface area contributed by atoms with E-state index in [1.165, 1.54) is 0 Å². The zero-order valence-corrected chi connectivity index (χ0v) is 13.8. The van der Waals surface area contributed by atoms with Gasteiger partial charge in [-0.25, -0.2) is 13.9 Å². The van der Waals surface area contributed by atoms with Gasteiger partial charge in [-0.05, 0) is 50.5 Å². The number of nitrogens with two attached hydrogens (primary N) is 1. The number of aryl methyl sites for hydroxylation is 1. The van der Waals surface area contributed by atoms with E-state index in [9.17, 15) is 4.21 Å². The molecule has 1 unspecified atom stereocenters. The first kappa shape index (κ1) is 14.0. The Bertz CT molecular complexity index is 728. The van der Waals surface area contributed by atoms with Crippen LogP contribution in [0.3, 0.4) is 0 Å². The number of halogens is 1. The first-order valence-electron chi connectivity index (χ1n) is 6.44. The van der Waals surface area contributed by atoms with Crippen LogP contribution in [0.4, 0.5) is 5.82 Å². The van der Waals surface area contributed by atoms with E-state index in [1.54, 1.807) is 0 Å². The zero-order chi connectivity index (χ0) is 14.5. The number of hydrogen-bond acceptors (Lipinski definition) is 3. The van der Waals surface area contributed by atoms with Gasteiger partial charge in [0.05, 0.1) is 10.4 Å². The van der Waals surface area contributed by atoms with Crippen molar-refractivity contribution in [1.29, 1.82) is 0 Å². The van der Waals surface area contributed by atoms with Crippen LogP contribution in [0.1, 0.15) is 25.3 Å². The minimum absolute atomic E-state index is 0.0199. The summed E-state index contributed by atoms with van der Waals surface area (Å²) in [5.41, 5.74) is 7.57. The summed E-state index contributed by atoms with van der Waals surface area (Å²) in [4.78, 5) is 5.09. The maximum absolute atomic E-state index is 12.4. The van der Waals surface area contributed by atoms with Gasteiger partial charge < -0.3 is 5.73 Å². The highest BCUT2D eigenvalue weighted by Gasteiger charge is 2.38. The summed E-state index contributed by atoms with van der Waals surface area (Å²) < 4.78 is 16.4. The third kappa shape index (κ3) is 2.60. The van der Waals surface area contributed by atoms with Crippen molar-refractivity contribution in [2.75, 3.05) is 5.73 Å². The molecule has 3 rings (SSSR count). The van der Waals surface area contributed by atoms with Gasteiger partial charge in [0.15, 0.2) is 0 Å². The molecule has 106 valence electrons. The molecular formula is C14H16BrN3OS. The Morgan fingerprint density at radius 1 is 1.40 bits per heavy atom. The highest BCUT2D eigenvalue weighted by molar-refractivity contribution is 9.10. The second-order valence-electron chi connectivity index (χ2n) is 5.59. The lowest BCUT2D eigenvalue weighted by molar-refractivity contribution is 0.635. The summed E-state index contributed by atoms with van der Waals surface area (Å²) in [7, 11) is -1.23. The van der Waals surface area contributed by atoms with E-state index >= 15 is 0 Å². The first-order chi connectivity index (χ1) is 9.38. The number of anilines is 1. The number of nitrogen functional groups attached to an aromatic ring is 1. The van der Waals surface area contributed by atoms with E-state index in [1.807, 2.05) is 25.1 Å². The molecule has 1 aromatic heterocycles. The zero-order valence-electron chi connectivity index (χ0n) is 11.4. The van der Waals surface area contributed by atoms with E-state index in [2.05, 4.69) is 32.6 Å². The molecule has 0 saturated heterocycles. The number of pyridine rings is 1. The molecule has 1 aliphatic carbocycles. The van der Waals surface area contributed by atoms with Crippen molar-refractivity contribution in [2.24, 2.45) is 0 Å². The summed E-state index contributed by atoms with van der Waals surface area (Å²) in [6, 6.07) is 5.71. The summed E-state index contributed by atoms with van der Waals surface area (Å²) in [5, 5.41) is 0.982. The van der Waals surface area contributed by atoms with Crippen LogP contribution in [-0.4, -0.2) is 14.7 Å². The average molecular weight is 354 g/mol. The van der Waals surface area contributed by atoms with Gasteiger partial charge in [-0.3, -0.25) is 0 Å². The van der Waals surface area contributed by atoms with Crippen LogP contribution in [-0.2, 0) is 11.0 Å². The van der Waals surface area contributed by atoms with Crippen LogP contribution < -0.4 is 10.5 Å². The van der Waals surface area contributed by atoms with Crippen molar-refractivity contribution in [3.8, 4) is 0 Å². The fourth-order valence-electron chi connectivity index (χ4n) is 2.00. The van der Waals surface area contributed by atoms with Gasteiger partial charge in [-0.1, -0.05) is 15.9 Å². The lowest BCUT2D eigenvalue weighted by Crippen LogP contribution is -2.29. The molecule has 0 amide bonds. The summed E-state index contributed by atoms with van der Waals surface area (Å²) in [6.45, 7) is 4.01. The molecule has 1 fully saturated rings. The van der Waals surface area contributed by atoms with Gasteiger partial charge in [-0.15, -0.1) is 0 Å². The molecule has 1 atom stereocenters. The molecule has 1 heterocycles. The van der Waals surface area contributed by atoms with Crippen LogP contribution in [0.2, 0.25) is 0 Å². The third-order valence-electron chi connectivity index (χ3n) is 3.64. The molecule has 0 radical (unpaired) electrons. The normalized spacial score (nSPS) is 18.1. The minimum Gasteiger partial charge on any atom is -0.383 e. The molecular weight excluding hydrogens is 338 g/mol. The number of nitrogens with one attached hydrogen (secondary N) is 1. The van der Waals surface area contributed by atoms with Crippen molar-refractivity contribution < 1.29 is 4.21 Å². The quantitative estimate of drug-likeness (QED) is 0.890. The molecule has 1 aliphatic rings. The second-order valence-corrected chi connectivity index (χ2v) is 7.66. The van der Waals surface area contributed by atoms with Gasteiger partial charge >= 0.3 is 0 Å². The number of rotatable bonds is 3. The van der Waals surface area contributed by atoms with Crippen molar-refractivity contribution in [3.63, 3.8) is 0 Å². The highest BCUT2D eigenvalue weighted by Crippen LogP contribution is 2.36. The lowest BCUT2D eigenvalue weighted by Gasteiger charge is -2.12. The molecule has 6 heteroatoms. The standard InChI is InChI=1S/C14H16BrN3OS/c1-8-5-10-11(15)6-9(7-12(10)17-13(8)16)20(19)18-14(2)3-4-14/h5-7,18H,3-4H2,1-2H3,(H2,16,17). The Morgan fingerprint density at radius 2 is 2.10 bits per heavy atom. The molecule has 0 spiro atoms. The number of benzene rings is 1. The SMILES string of the molecule is Cc1cc2c(Br)cc(S(=O)NC3(C)CC3)cc2nc1N. The topological polar surface area (TPSA) is 68.0 Å². The van der Waals surface area contributed by atoms with Gasteiger partial charge in [0.1, 0.15) is 16.8 Å². The smallest absolute Gasteiger partial charge is 0.127 e. The molecule has 20 heavy (non-hydrogen) atoms. The Hall–Kier alpha value is -0.980. The third-order valence-corrected chi connectivity index (χ3v) is 5.64. The van der Waals surface area contributed by atoms with Crippen molar-refractivity contribution >= 4 is 43.6 Å². The maximum atomic E-state index is 12.4. The Balaban J connectivity index is 2.04. The number of nitrogens with zero attached hydrogens (tertiary/aromatic N) is 1. The predicted molar refractivity (Wildman–Crippen MR) is 85.8 cm³/mol. The number of aromatic nitrogens is 1. The monoisotopic (exact) mass is 353 g/mol. The minimum atomic E-state index is -1.23. The van der Waals surface area contributed by atoms with Gasteiger partial charge in [0.25, 0.3) is 0 Å². The second kappa shape index (κ2) is 4.79. The van der Waals surface area contributed by atoms with E-state index in [4.69, 9.17) is 5.73 Å². The fourth-order valence-corrected chi connectivity index (χ4v) is 3.93. The Kier molecular flexibility index (Phi) is 3.35. The Labute approximate surface area is 128 Å². The van der Waals surface area contributed by atoms with Gasteiger partial charge in [0, 0.05) is 15.4 Å². The molecule has 3 N–H and O–H groups in total. The molecule has 1 saturated carbocycles. The van der Waals surface area contributed by atoms with Crippen LogP contribution in [0, 0.1) is 6.92 Å². The average Bonchev–Trinajstić information content (AvgIpc) is 3.09. The van der Waals surface area contributed by atoms with Crippen LogP contribution in [0.25, 0.3) is 10.9 Å². The number of fused-ring (bicyclic) bond motifs is 1. The van der Waals surface area contributed by atoms with E-state index in [-0.39, 0.29) is 5.54 Å². The summed E-state index contributed by atoms with van der Waals surface area (Å²) >= 11 is 3.53. The first-order valence-corrected chi connectivity index (χ1v) is 8.38. The van der Waals surface area contributed by atoms with Crippen LogP contribution >= 0.6 is 15.9 Å². The largest absolute Gasteiger partial charge is 0.383 e. The highest BCUT2D eigenvalue weighted by atomic mass is 79.9. The summed E-state index contributed by atoms with van der Waals surface area (Å²) in [6.07, 6.45) is 2.13. The van der Waals surface area contributed by atoms with Gasteiger partial charge in [-0.2, -0.15) is 0 Å². The van der Waals surface area contributed by atoms with E-state index in [0.29, 0.717) is 10.7 Å². The van der Waals surface area contributed by atoms with Crippen molar-refractivity contribution in [1.82, 2.24) is 9.71 Å².